The van der Waals surface area contributed by atoms with Gasteiger partial charge in [-0.2, -0.15) is 0 Å². The number of nitrogens with one attached hydrogen (secondary N) is 4. The summed E-state index contributed by atoms with van der Waals surface area (Å²) in [6, 6.07) is 11.7. The molecular weight excluding hydrogens is 532 g/mol. The zero-order valence-corrected chi connectivity index (χ0v) is 23.6. The number of nitrogens with zero attached hydrogens (tertiary/aromatic N) is 1. The molecule has 0 saturated carbocycles. The van der Waals surface area contributed by atoms with E-state index in [1.54, 1.807) is 45.9 Å². The molecule has 0 aliphatic carbocycles. The molecule has 0 aliphatic rings. The van der Waals surface area contributed by atoms with Gasteiger partial charge in [0.25, 0.3) is 5.91 Å². The highest BCUT2D eigenvalue weighted by atomic mass is 16.5. The molecule has 0 unspecified atom stereocenters. The molecule has 4 amide bonds. The second-order valence-electron chi connectivity index (χ2n) is 9.52. The van der Waals surface area contributed by atoms with Gasteiger partial charge in [0.05, 0.1) is 18.6 Å². The number of nitrogens with two attached hydrogens (primary N) is 1. The number of carbonyl (C=O) groups is 5. The number of para-hydroxylation sites is 1. The van der Waals surface area contributed by atoms with Crippen LogP contribution in [0.1, 0.15) is 46.6 Å². The lowest BCUT2D eigenvalue weighted by Gasteiger charge is -2.33. The van der Waals surface area contributed by atoms with Crippen molar-refractivity contribution in [1.82, 2.24) is 10.6 Å². The molecule has 0 heterocycles. The van der Waals surface area contributed by atoms with Crippen LogP contribution >= 0.6 is 0 Å². The van der Waals surface area contributed by atoms with Gasteiger partial charge in [-0.05, 0) is 64.1 Å². The summed E-state index contributed by atoms with van der Waals surface area (Å²) in [5.41, 5.74) is 6.40. The Labute approximate surface area is 238 Å². The molecular formula is C28H36N6O7. The molecule has 2 aromatic rings. The number of nitrogen functional groups attached to an aromatic ring is 1. The van der Waals surface area contributed by atoms with Crippen LogP contribution in [0.5, 0.6) is 0 Å². The van der Waals surface area contributed by atoms with E-state index >= 15 is 0 Å². The van der Waals surface area contributed by atoms with Gasteiger partial charge in [0, 0.05) is 23.9 Å². The summed E-state index contributed by atoms with van der Waals surface area (Å²) in [5.74, 6) is -3.34. The summed E-state index contributed by atoms with van der Waals surface area (Å²) in [6.07, 6.45) is -3.31. The fourth-order valence-electron chi connectivity index (χ4n) is 3.63. The van der Waals surface area contributed by atoms with Gasteiger partial charge in [-0.25, -0.2) is 9.59 Å². The molecule has 0 saturated heterocycles. The predicted molar refractivity (Wildman–Crippen MR) is 152 cm³/mol. The lowest BCUT2D eigenvalue weighted by molar-refractivity contribution is -0.151. The first-order valence-electron chi connectivity index (χ1n) is 12.9. The van der Waals surface area contributed by atoms with E-state index in [0.717, 1.165) is 4.90 Å². The highest BCUT2D eigenvalue weighted by Crippen LogP contribution is 2.20. The van der Waals surface area contributed by atoms with Gasteiger partial charge < -0.3 is 31.2 Å². The van der Waals surface area contributed by atoms with Crippen molar-refractivity contribution in [2.24, 2.45) is 5.73 Å². The Hall–Kier alpha value is -4.94. The van der Waals surface area contributed by atoms with Crippen molar-refractivity contribution >= 4 is 47.0 Å². The topological polar surface area (TPSA) is 193 Å². The van der Waals surface area contributed by atoms with E-state index in [2.05, 4.69) is 16.0 Å². The third-order valence-corrected chi connectivity index (χ3v) is 5.24. The Kier molecular flexibility index (Phi) is 11.8. The maximum Gasteiger partial charge on any atom is 0.350 e. The van der Waals surface area contributed by atoms with Gasteiger partial charge >= 0.3 is 18.0 Å². The van der Waals surface area contributed by atoms with Gasteiger partial charge in [-0.3, -0.25) is 24.7 Å². The SMILES string of the molecule is CC(=O)N[C@@H](CC(=O)OC(C)C)C(=O)N(c1ccccc1)[C@@H](NC(=O)Nc1ccc(C(=N)N)cc1)C(=O)OC(C)C. The van der Waals surface area contributed by atoms with Crippen molar-refractivity contribution in [2.45, 2.75) is 65.5 Å². The maximum absolute atomic E-state index is 14.0. The fraction of sp³-hybridized carbons (Fsp3) is 0.357. The number of anilines is 2. The van der Waals surface area contributed by atoms with Crippen molar-refractivity contribution in [3.63, 3.8) is 0 Å². The normalized spacial score (nSPS) is 12.1. The first-order chi connectivity index (χ1) is 19.3. The third kappa shape index (κ3) is 10.3. The predicted octanol–water partition coefficient (Wildman–Crippen LogP) is 2.25. The molecule has 0 radical (unpaired) electrons. The van der Waals surface area contributed by atoms with Gasteiger partial charge in [0.1, 0.15) is 11.9 Å². The number of rotatable bonds is 12. The summed E-state index contributed by atoms with van der Waals surface area (Å²) >= 11 is 0. The van der Waals surface area contributed by atoms with E-state index in [4.69, 9.17) is 20.6 Å². The number of hydrogen-bond donors (Lipinski definition) is 5. The molecule has 2 aromatic carbocycles. The Morgan fingerprint density at radius 3 is 1.98 bits per heavy atom. The number of ether oxygens (including phenoxy) is 2. The largest absolute Gasteiger partial charge is 0.463 e. The quantitative estimate of drug-likeness (QED) is 0.111. The molecule has 41 heavy (non-hydrogen) atoms. The van der Waals surface area contributed by atoms with E-state index in [-0.39, 0.29) is 11.5 Å². The molecule has 220 valence electrons. The monoisotopic (exact) mass is 568 g/mol. The average molecular weight is 569 g/mol. The minimum atomic E-state index is -1.71. The molecule has 2 atom stereocenters. The fourth-order valence-corrected chi connectivity index (χ4v) is 3.63. The number of amides is 4. The molecule has 13 nitrogen and oxygen atoms in total. The average Bonchev–Trinajstić information content (AvgIpc) is 2.87. The Bertz CT molecular complexity index is 1250. The molecule has 0 spiro atoms. The van der Waals surface area contributed by atoms with Gasteiger partial charge in [0.2, 0.25) is 12.1 Å². The second kappa shape index (κ2) is 15.0. The highest BCUT2D eigenvalue weighted by Gasteiger charge is 2.39. The molecule has 0 bridgehead atoms. The van der Waals surface area contributed by atoms with Crippen molar-refractivity contribution < 1.29 is 33.4 Å². The van der Waals surface area contributed by atoms with Crippen molar-refractivity contribution in [1.29, 1.82) is 5.41 Å². The lowest BCUT2D eigenvalue weighted by atomic mass is 10.1. The zero-order valence-electron chi connectivity index (χ0n) is 23.6. The van der Waals surface area contributed by atoms with E-state index in [9.17, 15) is 24.0 Å². The smallest absolute Gasteiger partial charge is 0.350 e. The molecule has 13 heteroatoms. The molecule has 0 aliphatic heterocycles. The van der Waals surface area contributed by atoms with Crippen molar-refractivity contribution in [3.8, 4) is 0 Å². The van der Waals surface area contributed by atoms with Crippen LogP contribution in [0.4, 0.5) is 16.2 Å². The third-order valence-electron chi connectivity index (χ3n) is 5.24. The number of carbonyl (C=O) groups excluding carboxylic acids is 5. The van der Waals surface area contributed by atoms with Crippen LogP contribution in [0.25, 0.3) is 0 Å². The van der Waals surface area contributed by atoms with Crippen LogP contribution in [0.2, 0.25) is 0 Å². The van der Waals surface area contributed by atoms with Crippen molar-refractivity contribution in [3.05, 3.63) is 60.2 Å². The Morgan fingerprint density at radius 2 is 1.46 bits per heavy atom. The summed E-state index contributed by atoms with van der Waals surface area (Å²) in [6.45, 7) is 7.65. The van der Waals surface area contributed by atoms with Crippen molar-refractivity contribution in [2.75, 3.05) is 10.2 Å². The number of benzene rings is 2. The summed E-state index contributed by atoms with van der Waals surface area (Å²) in [7, 11) is 0. The van der Waals surface area contributed by atoms with E-state index in [1.165, 1.54) is 43.3 Å². The minimum absolute atomic E-state index is 0.152. The summed E-state index contributed by atoms with van der Waals surface area (Å²) in [5, 5.41) is 15.0. The number of urea groups is 1. The minimum Gasteiger partial charge on any atom is -0.463 e. The highest BCUT2D eigenvalue weighted by molar-refractivity contribution is 6.06. The van der Waals surface area contributed by atoms with E-state index < -0.39 is 60.6 Å². The number of hydrogen-bond acceptors (Lipinski definition) is 8. The maximum atomic E-state index is 14.0. The van der Waals surface area contributed by atoms with Crippen LogP contribution in [0.3, 0.4) is 0 Å². The van der Waals surface area contributed by atoms with Crippen LogP contribution in [0.15, 0.2) is 54.6 Å². The molecule has 6 N–H and O–H groups in total. The Morgan fingerprint density at radius 1 is 0.878 bits per heavy atom. The second-order valence-corrected chi connectivity index (χ2v) is 9.52. The first kappa shape index (κ1) is 32.3. The first-order valence-corrected chi connectivity index (χ1v) is 12.9. The number of esters is 2. The Balaban J connectivity index is 2.49. The van der Waals surface area contributed by atoms with Crippen LogP contribution in [0, 0.1) is 5.41 Å². The van der Waals surface area contributed by atoms with E-state index in [0.29, 0.717) is 11.3 Å². The standard InChI is InChI=1S/C28H36N6O7/c1-16(2)40-23(36)15-22(31-18(5)35)26(37)34(21-9-7-6-8-10-21)25(27(38)41-17(3)4)33-28(39)32-20-13-11-19(12-14-20)24(29)30/h6-14,16-17,22,25H,15H2,1-5H3,(H3,29,30)(H,31,35)(H2,32,33,39)/t22-,25+/m0/s1. The van der Waals surface area contributed by atoms with Crippen LogP contribution in [-0.4, -0.2) is 60.0 Å². The van der Waals surface area contributed by atoms with Gasteiger partial charge in [-0.1, -0.05) is 18.2 Å². The lowest BCUT2D eigenvalue weighted by Crippen LogP contribution is -2.61. The van der Waals surface area contributed by atoms with Crippen LogP contribution < -0.4 is 26.6 Å². The summed E-state index contributed by atoms with van der Waals surface area (Å²) in [4.78, 5) is 65.8. The molecule has 2 rings (SSSR count). The zero-order chi connectivity index (χ0) is 30.7. The number of amidine groups is 1. The van der Waals surface area contributed by atoms with Gasteiger partial charge in [0.15, 0.2) is 0 Å². The molecule has 0 aromatic heterocycles. The van der Waals surface area contributed by atoms with Crippen LogP contribution in [-0.2, 0) is 28.7 Å². The summed E-state index contributed by atoms with van der Waals surface area (Å²) < 4.78 is 10.5. The van der Waals surface area contributed by atoms with Gasteiger partial charge in [-0.15, -0.1) is 0 Å². The van der Waals surface area contributed by atoms with E-state index in [1.807, 2.05) is 0 Å². The molecule has 0 fully saturated rings.